The van der Waals surface area contributed by atoms with Gasteiger partial charge in [-0.2, -0.15) is 0 Å². The van der Waals surface area contributed by atoms with Crippen molar-refractivity contribution in [3.05, 3.63) is 58.2 Å². The molecule has 15 nitrogen and oxygen atoms in total. The number of amides is 4. The van der Waals surface area contributed by atoms with Gasteiger partial charge in [-0.15, -0.1) is 24.5 Å². The molecule has 6 rings (SSSR count). The second kappa shape index (κ2) is 21.6. The quantitative estimate of drug-likeness (QED) is 0.0864. The number of rotatable bonds is 17. The number of likely N-dealkylation sites (tertiary alicyclic amines) is 1. The SMILES string of the molecule is CC#CC(=O)N1CC[C@H](C(=O)N(C)[C@H](C(=O)N[C@@H](Cc2nc(-c3ccc4c(c3)c(CC(C)(C)COC=O)c(-c3cccnc3[C@H](C)OC)n4C(F)(F)F)cs2)C(=O)N2CCC[C@@H](C)N2)C(C)C)C1. The number of halogens is 3. The molecule has 4 amide bonds. The Bertz CT molecular complexity index is 2560. The molecule has 0 aliphatic carbocycles. The number of hydrazine groups is 1. The third kappa shape index (κ3) is 11.5. The second-order valence-electron chi connectivity index (χ2n) is 18.7. The van der Waals surface area contributed by atoms with Crippen LogP contribution in [0.1, 0.15) is 90.1 Å². The largest absolute Gasteiger partial charge is 0.489 e. The predicted molar refractivity (Wildman–Crippen MR) is 251 cm³/mol. The van der Waals surface area contributed by atoms with Gasteiger partial charge in [-0.1, -0.05) is 39.7 Å². The summed E-state index contributed by atoms with van der Waals surface area (Å²) >= 11 is 1.24. The maximum Gasteiger partial charge on any atom is 0.489 e. The van der Waals surface area contributed by atoms with E-state index < -0.39 is 41.7 Å². The van der Waals surface area contributed by atoms with E-state index in [9.17, 15) is 24.0 Å². The van der Waals surface area contributed by atoms with E-state index in [0.29, 0.717) is 63.5 Å². The molecule has 2 N–H and O–H groups in total. The molecule has 1 aromatic carbocycles. The molecular formula is C49H61F3N8O7S. The van der Waals surface area contributed by atoms with Crippen LogP contribution in [-0.2, 0) is 52.6 Å². The van der Waals surface area contributed by atoms with Crippen LogP contribution in [0, 0.1) is 29.1 Å². The predicted octanol–water partition coefficient (Wildman–Crippen LogP) is 6.65. The van der Waals surface area contributed by atoms with Gasteiger partial charge in [0, 0.05) is 79.8 Å². The summed E-state index contributed by atoms with van der Waals surface area (Å²) in [4.78, 5) is 78.6. The van der Waals surface area contributed by atoms with Gasteiger partial charge in [-0.3, -0.25) is 38.5 Å². The van der Waals surface area contributed by atoms with Gasteiger partial charge in [0.2, 0.25) is 11.8 Å². The fourth-order valence-corrected chi connectivity index (χ4v) is 10.1. The molecule has 3 aromatic heterocycles. The number of pyridine rings is 1. The van der Waals surface area contributed by atoms with E-state index in [4.69, 9.17) is 14.5 Å². The van der Waals surface area contributed by atoms with Crippen LogP contribution in [0.5, 0.6) is 0 Å². The third-order valence-corrected chi connectivity index (χ3v) is 13.5. The molecule has 0 unspecified atom stereocenters. The number of hydrogen-bond acceptors (Lipinski definition) is 11. The van der Waals surface area contributed by atoms with Gasteiger partial charge in [0.25, 0.3) is 18.3 Å². The van der Waals surface area contributed by atoms with Crippen LogP contribution < -0.4 is 10.7 Å². The number of nitrogens with zero attached hydrogens (tertiary/aromatic N) is 6. The number of alkyl halides is 3. The number of thiazole rings is 1. The average Bonchev–Trinajstić information content (AvgIpc) is 4.06. The summed E-state index contributed by atoms with van der Waals surface area (Å²) in [6.07, 6.45) is -1.92. The zero-order valence-corrected chi connectivity index (χ0v) is 40.8. The second-order valence-corrected chi connectivity index (χ2v) is 19.7. The van der Waals surface area contributed by atoms with Crippen LogP contribution in [0.2, 0.25) is 0 Å². The maximum absolute atomic E-state index is 15.4. The minimum atomic E-state index is -4.86. The molecule has 0 spiro atoms. The van der Waals surface area contributed by atoms with Crippen LogP contribution in [0.3, 0.4) is 0 Å². The lowest BCUT2D eigenvalue weighted by molar-refractivity contribution is -0.199. The van der Waals surface area contributed by atoms with Gasteiger partial charge in [0.15, 0.2) is 0 Å². The van der Waals surface area contributed by atoms with Crippen LogP contribution in [0.4, 0.5) is 13.2 Å². The van der Waals surface area contributed by atoms with Gasteiger partial charge < -0.3 is 24.6 Å². The van der Waals surface area contributed by atoms with Crippen LogP contribution in [0.25, 0.3) is 33.4 Å². The number of aromatic nitrogens is 3. The van der Waals surface area contributed by atoms with E-state index in [1.165, 1.54) is 45.5 Å². The maximum atomic E-state index is 15.4. The summed E-state index contributed by atoms with van der Waals surface area (Å²) in [5.74, 6) is 2.68. The number of methoxy groups -OCH3 is 1. The van der Waals surface area contributed by atoms with Gasteiger partial charge in [0.1, 0.15) is 12.1 Å². The number of carbonyl (C=O) groups is 5. The lowest BCUT2D eigenvalue weighted by atomic mass is 9.84. The molecule has 19 heteroatoms. The minimum Gasteiger partial charge on any atom is -0.467 e. The number of nitrogens with one attached hydrogen (secondary N) is 2. The van der Waals surface area contributed by atoms with Crippen molar-refractivity contribution in [2.24, 2.45) is 17.3 Å². The highest BCUT2D eigenvalue weighted by Crippen LogP contribution is 2.45. The summed E-state index contributed by atoms with van der Waals surface area (Å²) in [6.45, 7) is 13.7. The fraction of sp³-hybridized carbons (Fsp3) is 0.531. The number of hydrogen-bond donors (Lipinski definition) is 2. The average molecular weight is 963 g/mol. The fourth-order valence-electron chi connectivity index (χ4n) is 9.25. The summed E-state index contributed by atoms with van der Waals surface area (Å²) in [7, 11) is 3.02. The van der Waals surface area contributed by atoms with Crippen molar-refractivity contribution in [3.63, 3.8) is 0 Å². The summed E-state index contributed by atoms with van der Waals surface area (Å²) < 4.78 is 57.3. The topological polar surface area (TPSA) is 168 Å². The summed E-state index contributed by atoms with van der Waals surface area (Å²) in [5.41, 5.74) is 4.08. The van der Waals surface area contributed by atoms with E-state index in [1.54, 1.807) is 50.5 Å². The highest BCUT2D eigenvalue weighted by Gasteiger charge is 2.41. The molecule has 5 atom stereocenters. The van der Waals surface area contributed by atoms with E-state index in [1.807, 2.05) is 34.6 Å². The summed E-state index contributed by atoms with van der Waals surface area (Å²) in [5, 5.41) is 7.02. The third-order valence-electron chi connectivity index (χ3n) is 12.6. The van der Waals surface area contributed by atoms with Gasteiger partial charge >= 0.3 is 6.30 Å². The highest BCUT2D eigenvalue weighted by molar-refractivity contribution is 7.10. The van der Waals surface area contributed by atoms with Gasteiger partial charge in [0.05, 0.1) is 46.2 Å². The summed E-state index contributed by atoms with van der Waals surface area (Å²) in [6, 6.07) is 5.76. The van der Waals surface area contributed by atoms with Crippen molar-refractivity contribution >= 4 is 52.3 Å². The van der Waals surface area contributed by atoms with Crippen LogP contribution in [0.15, 0.2) is 41.9 Å². The zero-order chi connectivity index (χ0) is 49.7. The monoisotopic (exact) mass is 962 g/mol. The lowest BCUT2D eigenvalue weighted by Gasteiger charge is -2.36. The highest BCUT2D eigenvalue weighted by atomic mass is 32.1. The van der Waals surface area contributed by atoms with Gasteiger partial charge in [-0.25, -0.2) is 10.4 Å². The van der Waals surface area contributed by atoms with Crippen molar-refractivity contribution < 1.29 is 46.6 Å². The molecule has 2 aliphatic rings. The smallest absolute Gasteiger partial charge is 0.467 e. The molecule has 5 heterocycles. The Kier molecular flexibility index (Phi) is 16.4. The normalized spacial score (nSPS) is 17.9. The molecule has 68 heavy (non-hydrogen) atoms. The molecular weight excluding hydrogens is 902 g/mol. The molecule has 2 aliphatic heterocycles. The molecule has 0 radical (unpaired) electrons. The van der Waals surface area contributed by atoms with Crippen molar-refractivity contribution in [2.75, 3.05) is 40.4 Å². The van der Waals surface area contributed by atoms with Crippen LogP contribution in [-0.4, -0.2) is 118 Å². The van der Waals surface area contributed by atoms with Crippen molar-refractivity contribution in [2.45, 2.75) is 111 Å². The van der Waals surface area contributed by atoms with Crippen molar-refractivity contribution in [1.29, 1.82) is 0 Å². The first-order chi connectivity index (χ1) is 32.2. The Hall–Kier alpha value is -5.84. The Morgan fingerprint density at radius 1 is 1.12 bits per heavy atom. The lowest BCUT2D eigenvalue weighted by Crippen LogP contribution is -2.60. The van der Waals surface area contributed by atoms with E-state index in [0.717, 1.165) is 12.8 Å². The number of carbonyl (C=O) groups excluding carboxylic acids is 5. The van der Waals surface area contributed by atoms with Gasteiger partial charge in [-0.05, 0) is 88.1 Å². The first-order valence-corrected chi connectivity index (χ1v) is 23.7. The molecule has 366 valence electrons. The van der Waals surface area contributed by atoms with Crippen molar-refractivity contribution in [3.8, 4) is 34.4 Å². The van der Waals surface area contributed by atoms with E-state index in [-0.39, 0.29) is 72.4 Å². The first kappa shape index (κ1) is 51.5. The molecule has 4 aromatic rings. The number of ether oxygens (including phenoxy) is 2. The number of likely N-dealkylation sites (N-methyl/N-ethyl adjacent to an activating group) is 1. The number of fused-ring (bicyclic) bond motifs is 1. The standard InChI is InChI=1S/C49H61F3N8O7S/c1-10-13-41(62)58-21-18-33(25-58)46(64)57(8)43(29(2)3)45(63)55-37(47(65)59-20-12-14-30(4)56-59)23-40-54-38(26-68-40)32-16-17-39-35(22-32)36(24-48(6,7)27-67-28-61)44(60(39)49(50,51)52)34-15-11-19-53-42(34)31(5)66-9/h11,15-17,19,22,26,28-31,33,37,43,56H,12,14,18,20-21,23-25,27H2,1-9H3,(H,55,63)/t30-,31+,33+,37+,43+/m1/s1. The molecule has 0 saturated carbocycles. The molecule has 0 bridgehead atoms. The number of benzene rings is 1. The zero-order valence-electron chi connectivity index (χ0n) is 40.0. The first-order valence-electron chi connectivity index (χ1n) is 22.8. The van der Waals surface area contributed by atoms with E-state index in [2.05, 4.69) is 27.6 Å². The Labute approximate surface area is 399 Å². The Balaban J connectivity index is 1.36. The molecule has 2 fully saturated rings. The Morgan fingerprint density at radius 2 is 1.87 bits per heavy atom. The van der Waals surface area contributed by atoms with Crippen molar-refractivity contribution in [1.82, 2.24) is 40.1 Å². The molecule has 2 saturated heterocycles. The van der Waals surface area contributed by atoms with Crippen LogP contribution >= 0.6 is 11.3 Å². The van der Waals surface area contributed by atoms with E-state index >= 15 is 13.2 Å². The minimum absolute atomic E-state index is 0.00706. The Morgan fingerprint density at radius 3 is 2.53 bits per heavy atom.